The van der Waals surface area contributed by atoms with Gasteiger partial charge in [-0.15, -0.1) is 0 Å². The number of hydrogen-bond acceptors (Lipinski definition) is 1. The molecule has 0 bridgehead atoms. The Kier molecular flexibility index (Phi) is 4.13. The predicted molar refractivity (Wildman–Crippen MR) is 97.1 cm³/mol. The van der Waals surface area contributed by atoms with Crippen molar-refractivity contribution in [3.05, 3.63) is 70.8 Å². The van der Waals surface area contributed by atoms with Gasteiger partial charge in [-0.25, -0.2) is 0 Å². The molecule has 124 valence electrons. The van der Waals surface area contributed by atoms with Crippen molar-refractivity contribution in [3.63, 3.8) is 0 Å². The molecule has 2 unspecified atom stereocenters. The lowest BCUT2D eigenvalue weighted by molar-refractivity contribution is -0.132. The first-order valence-corrected chi connectivity index (χ1v) is 9.12. The largest absolute Gasteiger partial charge is 0.342 e. The van der Waals surface area contributed by atoms with Crippen LogP contribution in [-0.4, -0.2) is 23.9 Å². The normalized spacial score (nSPS) is 21.9. The van der Waals surface area contributed by atoms with Crippen molar-refractivity contribution in [1.29, 1.82) is 0 Å². The zero-order chi connectivity index (χ0) is 16.5. The Hall–Kier alpha value is -2.09. The number of aryl methyl sites for hydroxylation is 2. The van der Waals surface area contributed by atoms with Crippen molar-refractivity contribution in [3.8, 4) is 0 Å². The highest BCUT2D eigenvalue weighted by atomic mass is 16.2. The molecule has 0 fully saturated rings. The van der Waals surface area contributed by atoms with Gasteiger partial charge < -0.3 is 4.90 Å². The highest BCUT2D eigenvalue weighted by Gasteiger charge is 2.29. The van der Waals surface area contributed by atoms with Crippen LogP contribution in [0.2, 0.25) is 0 Å². The van der Waals surface area contributed by atoms with Crippen LogP contribution in [-0.2, 0) is 24.1 Å². The topological polar surface area (TPSA) is 20.3 Å². The summed E-state index contributed by atoms with van der Waals surface area (Å²) >= 11 is 0. The molecule has 24 heavy (non-hydrogen) atoms. The fourth-order valence-corrected chi connectivity index (χ4v) is 4.42. The monoisotopic (exact) mass is 319 g/mol. The zero-order valence-electron chi connectivity index (χ0n) is 14.4. The van der Waals surface area contributed by atoms with E-state index in [0.717, 1.165) is 32.1 Å². The Morgan fingerprint density at radius 1 is 0.958 bits per heavy atom. The van der Waals surface area contributed by atoms with Crippen molar-refractivity contribution < 1.29 is 4.79 Å². The molecule has 2 aromatic carbocycles. The molecule has 2 aromatic rings. The van der Waals surface area contributed by atoms with Crippen LogP contribution < -0.4 is 0 Å². The van der Waals surface area contributed by atoms with E-state index in [2.05, 4.69) is 48.5 Å². The summed E-state index contributed by atoms with van der Waals surface area (Å²) in [6, 6.07) is 17.6. The summed E-state index contributed by atoms with van der Waals surface area (Å²) in [4.78, 5) is 14.9. The van der Waals surface area contributed by atoms with E-state index in [1.807, 2.05) is 11.9 Å². The molecule has 0 aromatic heterocycles. The van der Waals surface area contributed by atoms with Crippen LogP contribution in [0.3, 0.4) is 0 Å². The molecular weight excluding hydrogens is 294 g/mol. The van der Waals surface area contributed by atoms with Crippen LogP contribution in [0.15, 0.2) is 48.5 Å². The predicted octanol–water partition coefficient (Wildman–Crippen LogP) is 4.12. The molecule has 0 radical (unpaired) electrons. The maximum Gasteiger partial charge on any atom is 0.223 e. The summed E-state index contributed by atoms with van der Waals surface area (Å²) in [5, 5.41) is 0. The third-order valence-electron chi connectivity index (χ3n) is 5.94. The summed E-state index contributed by atoms with van der Waals surface area (Å²) in [5.41, 5.74) is 5.71. The van der Waals surface area contributed by atoms with Gasteiger partial charge in [-0.05, 0) is 60.3 Å². The van der Waals surface area contributed by atoms with E-state index in [1.165, 1.54) is 22.3 Å². The van der Waals surface area contributed by atoms with Gasteiger partial charge in [0, 0.05) is 19.5 Å². The lowest BCUT2D eigenvalue weighted by Crippen LogP contribution is -2.41. The summed E-state index contributed by atoms with van der Waals surface area (Å²) in [6.45, 7) is 0. The van der Waals surface area contributed by atoms with E-state index < -0.39 is 0 Å². The molecule has 0 spiro atoms. The molecule has 0 saturated heterocycles. The fourth-order valence-electron chi connectivity index (χ4n) is 4.42. The molecule has 2 nitrogen and oxygen atoms in total. The van der Waals surface area contributed by atoms with Gasteiger partial charge in [0.05, 0.1) is 0 Å². The molecule has 0 N–H and O–H groups in total. The molecule has 0 aliphatic heterocycles. The number of benzene rings is 2. The first kappa shape index (κ1) is 15.4. The standard InChI is InChI=1S/C22H25NO/c1-23(20-13-12-16-6-2-3-8-18(16)14-20)22(24)15-19-11-10-17-7-4-5-9-21(17)19/h2-9,19-20H,10-15H2,1H3. The molecule has 4 rings (SSSR count). The number of hydrogen-bond donors (Lipinski definition) is 0. The highest BCUT2D eigenvalue weighted by Crippen LogP contribution is 2.36. The van der Waals surface area contributed by atoms with Crippen LogP contribution in [0.25, 0.3) is 0 Å². The summed E-state index contributed by atoms with van der Waals surface area (Å²) < 4.78 is 0. The molecule has 2 aliphatic carbocycles. The SMILES string of the molecule is CN(C(=O)CC1CCc2ccccc21)C1CCc2ccccc2C1. The van der Waals surface area contributed by atoms with Crippen molar-refractivity contribution in [2.24, 2.45) is 0 Å². The second kappa shape index (κ2) is 6.43. The summed E-state index contributed by atoms with van der Waals surface area (Å²) in [7, 11) is 2.00. The Morgan fingerprint density at radius 3 is 2.46 bits per heavy atom. The number of likely N-dealkylation sites (N-methyl/N-ethyl adjacent to an activating group) is 1. The Bertz CT molecular complexity index is 751. The number of nitrogens with zero attached hydrogens (tertiary/aromatic N) is 1. The second-order valence-corrected chi connectivity index (χ2v) is 7.31. The van der Waals surface area contributed by atoms with Crippen molar-refractivity contribution in [2.45, 2.75) is 50.5 Å². The van der Waals surface area contributed by atoms with Crippen LogP contribution in [0.4, 0.5) is 0 Å². The third kappa shape index (κ3) is 2.86. The first-order chi connectivity index (χ1) is 11.7. The van der Waals surface area contributed by atoms with Gasteiger partial charge in [0.25, 0.3) is 0 Å². The van der Waals surface area contributed by atoms with Crippen LogP contribution in [0.1, 0.15) is 47.4 Å². The van der Waals surface area contributed by atoms with E-state index in [9.17, 15) is 4.79 Å². The smallest absolute Gasteiger partial charge is 0.223 e. The Labute approximate surface area is 144 Å². The molecule has 1 amide bonds. The summed E-state index contributed by atoms with van der Waals surface area (Å²) in [6.07, 6.45) is 6.07. The van der Waals surface area contributed by atoms with Crippen LogP contribution in [0.5, 0.6) is 0 Å². The van der Waals surface area contributed by atoms with E-state index in [0.29, 0.717) is 24.3 Å². The lowest BCUT2D eigenvalue weighted by atomic mass is 9.87. The van der Waals surface area contributed by atoms with Gasteiger partial charge in [0.1, 0.15) is 0 Å². The Balaban J connectivity index is 1.42. The minimum Gasteiger partial charge on any atom is -0.342 e. The minimum atomic E-state index is 0.307. The van der Waals surface area contributed by atoms with Crippen LogP contribution in [0, 0.1) is 0 Å². The minimum absolute atomic E-state index is 0.307. The number of carbonyl (C=O) groups excluding carboxylic acids is 1. The molecule has 2 atom stereocenters. The average molecular weight is 319 g/mol. The second-order valence-electron chi connectivity index (χ2n) is 7.31. The van der Waals surface area contributed by atoms with E-state index in [1.54, 1.807) is 0 Å². The van der Waals surface area contributed by atoms with E-state index in [4.69, 9.17) is 0 Å². The van der Waals surface area contributed by atoms with Gasteiger partial charge in [0.15, 0.2) is 0 Å². The maximum absolute atomic E-state index is 12.8. The number of fused-ring (bicyclic) bond motifs is 2. The van der Waals surface area contributed by atoms with E-state index >= 15 is 0 Å². The quantitative estimate of drug-likeness (QED) is 0.833. The third-order valence-corrected chi connectivity index (χ3v) is 5.94. The van der Waals surface area contributed by atoms with Gasteiger partial charge in [-0.3, -0.25) is 4.79 Å². The van der Waals surface area contributed by atoms with Gasteiger partial charge in [-0.2, -0.15) is 0 Å². The van der Waals surface area contributed by atoms with E-state index in [-0.39, 0.29) is 0 Å². The maximum atomic E-state index is 12.8. The lowest BCUT2D eigenvalue weighted by Gasteiger charge is -2.33. The Morgan fingerprint density at radius 2 is 1.62 bits per heavy atom. The number of carbonyl (C=O) groups is 1. The number of amides is 1. The van der Waals surface area contributed by atoms with Gasteiger partial charge in [-0.1, -0.05) is 48.5 Å². The molecular formula is C22H25NO. The molecule has 2 aliphatic rings. The zero-order valence-corrected chi connectivity index (χ0v) is 14.4. The van der Waals surface area contributed by atoms with Crippen LogP contribution >= 0.6 is 0 Å². The van der Waals surface area contributed by atoms with Gasteiger partial charge >= 0.3 is 0 Å². The average Bonchev–Trinajstić information content (AvgIpc) is 3.03. The van der Waals surface area contributed by atoms with Crippen molar-refractivity contribution >= 4 is 5.91 Å². The number of rotatable bonds is 3. The van der Waals surface area contributed by atoms with Crippen molar-refractivity contribution in [1.82, 2.24) is 4.90 Å². The molecule has 0 saturated carbocycles. The molecule has 2 heteroatoms. The van der Waals surface area contributed by atoms with Gasteiger partial charge in [0.2, 0.25) is 5.91 Å². The fraction of sp³-hybridized carbons (Fsp3) is 0.409. The molecule has 0 heterocycles. The summed E-state index contributed by atoms with van der Waals surface area (Å²) in [5.74, 6) is 0.716. The highest BCUT2D eigenvalue weighted by molar-refractivity contribution is 5.77. The van der Waals surface area contributed by atoms with Crippen molar-refractivity contribution in [2.75, 3.05) is 7.05 Å². The first-order valence-electron chi connectivity index (χ1n) is 9.12.